The van der Waals surface area contributed by atoms with Gasteiger partial charge in [-0.25, -0.2) is 0 Å². The van der Waals surface area contributed by atoms with Crippen LogP contribution in [0.2, 0.25) is 0 Å². The average molecular weight is 313 g/mol. The molecule has 3 rings (SSSR count). The summed E-state index contributed by atoms with van der Waals surface area (Å²) in [5.41, 5.74) is 6.02. The SMILES string of the molecule is NCCCOC1CCN(C(=O)c2nccc3ccccc23)CC1. The summed E-state index contributed by atoms with van der Waals surface area (Å²) in [7, 11) is 0. The van der Waals surface area contributed by atoms with Crippen molar-refractivity contribution >= 4 is 16.7 Å². The molecule has 1 saturated heterocycles. The van der Waals surface area contributed by atoms with Gasteiger partial charge in [-0.3, -0.25) is 9.78 Å². The quantitative estimate of drug-likeness (QED) is 0.859. The number of rotatable bonds is 5. The number of carbonyl (C=O) groups is 1. The van der Waals surface area contributed by atoms with Gasteiger partial charge < -0.3 is 15.4 Å². The Bertz CT molecular complexity index is 661. The lowest BCUT2D eigenvalue weighted by molar-refractivity contribution is 0.00835. The molecular formula is C18H23N3O2. The predicted octanol–water partition coefficient (Wildman–Crippen LogP) is 2.20. The van der Waals surface area contributed by atoms with Crippen molar-refractivity contribution < 1.29 is 9.53 Å². The van der Waals surface area contributed by atoms with E-state index in [2.05, 4.69) is 4.98 Å². The fraction of sp³-hybridized carbons (Fsp3) is 0.444. The Labute approximate surface area is 136 Å². The lowest BCUT2D eigenvalue weighted by atomic mass is 10.1. The molecule has 122 valence electrons. The lowest BCUT2D eigenvalue weighted by Gasteiger charge is -2.32. The maximum absolute atomic E-state index is 12.8. The van der Waals surface area contributed by atoms with Crippen LogP contribution >= 0.6 is 0 Å². The minimum absolute atomic E-state index is 0.0159. The number of hydrogen-bond acceptors (Lipinski definition) is 4. The fourth-order valence-electron chi connectivity index (χ4n) is 3.00. The largest absolute Gasteiger partial charge is 0.378 e. The van der Waals surface area contributed by atoms with Crippen molar-refractivity contribution in [2.45, 2.75) is 25.4 Å². The molecule has 2 aromatic rings. The van der Waals surface area contributed by atoms with Crippen molar-refractivity contribution in [3.05, 3.63) is 42.2 Å². The minimum atomic E-state index is 0.0159. The highest BCUT2D eigenvalue weighted by Crippen LogP contribution is 2.21. The van der Waals surface area contributed by atoms with E-state index in [4.69, 9.17) is 10.5 Å². The molecule has 1 aliphatic rings. The van der Waals surface area contributed by atoms with Crippen LogP contribution < -0.4 is 5.73 Å². The number of likely N-dealkylation sites (tertiary alicyclic amines) is 1. The normalized spacial score (nSPS) is 16.0. The number of ether oxygens (including phenoxy) is 1. The van der Waals surface area contributed by atoms with Crippen LogP contribution in [-0.2, 0) is 4.74 Å². The summed E-state index contributed by atoms with van der Waals surface area (Å²) in [6.07, 6.45) is 4.59. The van der Waals surface area contributed by atoms with E-state index in [1.54, 1.807) is 6.20 Å². The topological polar surface area (TPSA) is 68.5 Å². The first-order valence-corrected chi connectivity index (χ1v) is 8.24. The van der Waals surface area contributed by atoms with E-state index in [9.17, 15) is 4.79 Å². The number of carbonyl (C=O) groups excluding carboxylic acids is 1. The number of benzene rings is 1. The van der Waals surface area contributed by atoms with E-state index >= 15 is 0 Å². The van der Waals surface area contributed by atoms with Gasteiger partial charge >= 0.3 is 0 Å². The zero-order valence-electron chi connectivity index (χ0n) is 13.3. The maximum atomic E-state index is 12.8. The highest BCUT2D eigenvalue weighted by Gasteiger charge is 2.25. The Morgan fingerprint density at radius 2 is 2.04 bits per heavy atom. The Morgan fingerprint density at radius 1 is 1.26 bits per heavy atom. The van der Waals surface area contributed by atoms with Crippen LogP contribution in [-0.4, -0.2) is 48.1 Å². The van der Waals surface area contributed by atoms with Crippen molar-refractivity contribution in [3.8, 4) is 0 Å². The molecule has 0 aliphatic carbocycles. The molecule has 5 heteroatoms. The number of amides is 1. The van der Waals surface area contributed by atoms with E-state index in [0.29, 0.717) is 18.8 Å². The number of nitrogens with two attached hydrogens (primary N) is 1. The number of hydrogen-bond donors (Lipinski definition) is 1. The molecule has 0 saturated carbocycles. The third-order valence-corrected chi connectivity index (χ3v) is 4.31. The predicted molar refractivity (Wildman–Crippen MR) is 90.3 cm³/mol. The third-order valence-electron chi connectivity index (χ3n) is 4.31. The van der Waals surface area contributed by atoms with Crippen LogP contribution in [0.5, 0.6) is 0 Å². The first kappa shape index (κ1) is 15.9. The summed E-state index contributed by atoms with van der Waals surface area (Å²) in [4.78, 5) is 19.0. The first-order chi connectivity index (χ1) is 11.3. The van der Waals surface area contributed by atoms with Gasteiger partial charge in [0.05, 0.1) is 6.10 Å². The monoisotopic (exact) mass is 313 g/mol. The van der Waals surface area contributed by atoms with Gasteiger partial charge in [-0.15, -0.1) is 0 Å². The van der Waals surface area contributed by atoms with Gasteiger partial charge in [0.15, 0.2) is 0 Å². The maximum Gasteiger partial charge on any atom is 0.273 e. The van der Waals surface area contributed by atoms with E-state index < -0.39 is 0 Å². The number of aromatic nitrogens is 1. The molecule has 0 atom stereocenters. The first-order valence-electron chi connectivity index (χ1n) is 8.24. The minimum Gasteiger partial charge on any atom is -0.378 e. The zero-order chi connectivity index (χ0) is 16.1. The van der Waals surface area contributed by atoms with Crippen molar-refractivity contribution in [3.63, 3.8) is 0 Å². The number of fused-ring (bicyclic) bond motifs is 1. The lowest BCUT2D eigenvalue weighted by Crippen LogP contribution is -2.41. The second kappa shape index (κ2) is 7.53. The summed E-state index contributed by atoms with van der Waals surface area (Å²) in [5.74, 6) is 0.0159. The summed E-state index contributed by atoms with van der Waals surface area (Å²) in [6.45, 7) is 2.80. The standard InChI is InChI=1S/C18H23N3O2/c19-9-3-13-23-15-7-11-21(12-8-15)18(22)17-16-5-2-1-4-14(16)6-10-20-17/h1-2,4-6,10,15H,3,7-9,11-13,19H2. The smallest absolute Gasteiger partial charge is 0.273 e. The summed E-state index contributed by atoms with van der Waals surface area (Å²) in [5, 5.41) is 1.96. The summed E-state index contributed by atoms with van der Waals surface area (Å²) in [6, 6.07) is 9.81. The number of nitrogens with zero attached hydrogens (tertiary/aromatic N) is 2. The molecule has 1 fully saturated rings. The molecule has 2 N–H and O–H groups in total. The van der Waals surface area contributed by atoms with Gasteiger partial charge in [-0.05, 0) is 37.3 Å². The molecule has 0 bridgehead atoms. The van der Waals surface area contributed by atoms with Crippen LogP contribution in [0.25, 0.3) is 10.8 Å². The van der Waals surface area contributed by atoms with Crippen LogP contribution in [0.4, 0.5) is 0 Å². The molecule has 1 aromatic heterocycles. The van der Waals surface area contributed by atoms with Crippen LogP contribution in [0.1, 0.15) is 29.8 Å². The second-order valence-corrected chi connectivity index (χ2v) is 5.89. The Morgan fingerprint density at radius 3 is 2.83 bits per heavy atom. The van der Waals surface area contributed by atoms with Crippen molar-refractivity contribution in [2.75, 3.05) is 26.2 Å². The highest BCUT2D eigenvalue weighted by atomic mass is 16.5. The van der Waals surface area contributed by atoms with Crippen molar-refractivity contribution in [1.29, 1.82) is 0 Å². The Hall–Kier alpha value is -1.98. The number of piperidine rings is 1. The van der Waals surface area contributed by atoms with Crippen molar-refractivity contribution in [2.24, 2.45) is 5.73 Å². The third kappa shape index (κ3) is 3.68. The van der Waals surface area contributed by atoms with Gasteiger partial charge in [0.1, 0.15) is 5.69 Å². The fourth-order valence-corrected chi connectivity index (χ4v) is 3.00. The molecule has 5 nitrogen and oxygen atoms in total. The Kier molecular flexibility index (Phi) is 5.20. The molecule has 1 amide bonds. The average Bonchev–Trinajstić information content (AvgIpc) is 2.61. The van der Waals surface area contributed by atoms with Crippen molar-refractivity contribution in [1.82, 2.24) is 9.88 Å². The van der Waals surface area contributed by atoms with Gasteiger partial charge in [0.25, 0.3) is 5.91 Å². The summed E-state index contributed by atoms with van der Waals surface area (Å²) >= 11 is 0. The molecule has 1 aliphatic heterocycles. The molecule has 2 heterocycles. The second-order valence-electron chi connectivity index (χ2n) is 5.89. The zero-order valence-corrected chi connectivity index (χ0v) is 13.3. The molecule has 0 radical (unpaired) electrons. The van der Waals surface area contributed by atoms with Crippen LogP contribution in [0.15, 0.2) is 36.5 Å². The van der Waals surface area contributed by atoms with E-state index in [1.165, 1.54) is 0 Å². The van der Waals surface area contributed by atoms with Gasteiger partial charge in [0, 0.05) is 31.3 Å². The van der Waals surface area contributed by atoms with Gasteiger partial charge in [-0.1, -0.05) is 24.3 Å². The molecule has 23 heavy (non-hydrogen) atoms. The molecule has 0 spiro atoms. The molecular weight excluding hydrogens is 290 g/mol. The molecule has 1 aromatic carbocycles. The van der Waals surface area contributed by atoms with E-state index in [1.807, 2.05) is 35.2 Å². The van der Waals surface area contributed by atoms with E-state index in [0.717, 1.165) is 43.1 Å². The van der Waals surface area contributed by atoms with Gasteiger partial charge in [0.2, 0.25) is 0 Å². The van der Waals surface area contributed by atoms with E-state index in [-0.39, 0.29) is 12.0 Å². The van der Waals surface area contributed by atoms with Crippen LogP contribution in [0, 0.1) is 0 Å². The summed E-state index contributed by atoms with van der Waals surface area (Å²) < 4.78 is 5.79. The highest BCUT2D eigenvalue weighted by molar-refractivity contribution is 6.05. The van der Waals surface area contributed by atoms with Gasteiger partial charge in [-0.2, -0.15) is 0 Å². The Balaban J connectivity index is 1.65. The molecule has 0 unspecified atom stereocenters. The number of pyridine rings is 1. The van der Waals surface area contributed by atoms with Crippen LogP contribution in [0.3, 0.4) is 0 Å².